The minimum absolute atomic E-state index is 0.106. The summed E-state index contributed by atoms with van der Waals surface area (Å²) in [7, 11) is 0. The van der Waals surface area contributed by atoms with Crippen molar-refractivity contribution >= 4 is 34.5 Å². The highest BCUT2D eigenvalue weighted by molar-refractivity contribution is 6.30. The Hall–Kier alpha value is -3.52. The molecule has 26 heavy (non-hydrogen) atoms. The second-order valence-corrected chi connectivity index (χ2v) is 5.81. The van der Waals surface area contributed by atoms with Crippen LogP contribution < -0.4 is 5.56 Å². The molecule has 0 fully saturated rings. The average molecular weight is 367 g/mol. The van der Waals surface area contributed by atoms with Gasteiger partial charge in [0, 0.05) is 22.0 Å². The van der Waals surface area contributed by atoms with Crippen molar-refractivity contribution in [2.45, 2.75) is 0 Å². The van der Waals surface area contributed by atoms with E-state index in [1.165, 1.54) is 10.8 Å². The van der Waals surface area contributed by atoms with Crippen molar-refractivity contribution in [3.05, 3.63) is 69.5 Å². The molecule has 2 N–H and O–H groups in total. The number of rotatable bonds is 3. The van der Waals surface area contributed by atoms with Crippen LogP contribution in [0.4, 0.5) is 5.95 Å². The van der Waals surface area contributed by atoms with E-state index in [1.54, 1.807) is 48.5 Å². The lowest BCUT2D eigenvalue weighted by Gasteiger charge is -2.13. The first kappa shape index (κ1) is 16.0. The molecular weight excluding hydrogens is 356 g/mol. The zero-order valence-electron chi connectivity index (χ0n) is 13.2. The minimum atomic E-state index is -0.364. The van der Waals surface area contributed by atoms with Gasteiger partial charge in [0.25, 0.3) is 11.5 Å². The number of tetrazole rings is 1. The molecule has 9 heteroatoms. The Labute approximate surface area is 151 Å². The standard InChI is InChI=1S/C17H11ClN6O2/c18-10-4-3-5-11(8-10)24-15(25)13-7-2-1-6-12(13)14(16(24)26)9-19-17-20-22-23-21-17/h1-9,26H,(H,20,21,22,23). The molecule has 0 bridgehead atoms. The molecule has 0 spiro atoms. The van der Waals surface area contributed by atoms with Crippen LogP contribution in [0.15, 0.2) is 58.3 Å². The summed E-state index contributed by atoms with van der Waals surface area (Å²) in [5.74, 6) is -0.155. The normalized spacial score (nSPS) is 11.4. The van der Waals surface area contributed by atoms with Crippen LogP contribution in [0.1, 0.15) is 5.56 Å². The number of H-pyrrole nitrogens is 1. The van der Waals surface area contributed by atoms with Crippen molar-refractivity contribution in [1.29, 1.82) is 0 Å². The summed E-state index contributed by atoms with van der Waals surface area (Å²) in [6.07, 6.45) is 1.39. The third-order valence-electron chi connectivity index (χ3n) is 3.81. The highest BCUT2D eigenvalue weighted by Crippen LogP contribution is 2.27. The maximum atomic E-state index is 12.9. The molecule has 128 valence electrons. The summed E-state index contributed by atoms with van der Waals surface area (Å²) in [5, 5.41) is 25.4. The number of halogens is 1. The fourth-order valence-electron chi connectivity index (χ4n) is 2.68. The quantitative estimate of drug-likeness (QED) is 0.542. The van der Waals surface area contributed by atoms with Crippen LogP contribution in [0, 0.1) is 0 Å². The Morgan fingerprint density at radius 1 is 1.15 bits per heavy atom. The topological polar surface area (TPSA) is 109 Å². The largest absolute Gasteiger partial charge is 0.494 e. The summed E-state index contributed by atoms with van der Waals surface area (Å²) in [4.78, 5) is 17.0. The SMILES string of the molecule is O=c1c2ccccc2c(C=Nc2nn[nH]n2)c(O)n1-c1cccc(Cl)c1. The molecule has 2 heterocycles. The number of aromatic nitrogens is 5. The number of aromatic amines is 1. The molecular formula is C17H11ClN6O2. The predicted octanol–water partition coefficient (Wildman–Crippen LogP) is 2.61. The number of aliphatic imine (C=N–C) groups is 1. The molecule has 0 aliphatic rings. The van der Waals surface area contributed by atoms with Gasteiger partial charge in [-0.25, -0.2) is 9.56 Å². The summed E-state index contributed by atoms with van der Waals surface area (Å²) in [6, 6.07) is 13.6. The lowest BCUT2D eigenvalue weighted by atomic mass is 10.1. The average Bonchev–Trinajstić information content (AvgIpc) is 3.15. The van der Waals surface area contributed by atoms with E-state index in [4.69, 9.17) is 11.6 Å². The van der Waals surface area contributed by atoms with Gasteiger partial charge in [-0.1, -0.05) is 41.0 Å². The summed E-state index contributed by atoms with van der Waals surface area (Å²) >= 11 is 6.04. The first-order chi connectivity index (χ1) is 12.6. The van der Waals surface area contributed by atoms with E-state index in [-0.39, 0.29) is 17.4 Å². The number of hydrogen-bond donors (Lipinski definition) is 2. The van der Waals surface area contributed by atoms with E-state index in [2.05, 4.69) is 25.6 Å². The van der Waals surface area contributed by atoms with E-state index in [1.807, 2.05) is 0 Å². The lowest BCUT2D eigenvalue weighted by Crippen LogP contribution is -2.20. The monoisotopic (exact) mass is 366 g/mol. The molecule has 0 aliphatic heterocycles. The van der Waals surface area contributed by atoms with E-state index in [0.29, 0.717) is 27.0 Å². The van der Waals surface area contributed by atoms with Crippen LogP contribution in [0.25, 0.3) is 16.5 Å². The van der Waals surface area contributed by atoms with Gasteiger partial charge < -0.3 is 5.11 Å². The Morgan fingerprint density at radius 3 is 2.69 bits per heavy atom. The van der Waals surface area contributed by atoms with E-state index in [0.717, 1.165) is 0 Å². The zero-order valence-corrected chi connectivity index (χ0v) is 13.9. The van der Waals surface area contributed by atoms with Crippen molar-refractivity contribution in [2.75, 3.05) is 0 Å². The Kier molecular flexibility index (Phi) is 3.94. The van der Waals surface area contributed by atoms with Gasteiger partial charge in [0.15, 0.2) is 0 Å². The van der Waals surface area contributed by atoms with Gasteiger partial charge in [-0.05, 0) is 29.5 Å². The summed E-state index contributed by atoms with van der Waals surface area (Å²) in [6.45, 7) is 0. The van der Waals surface area contributed by atoms with Gasteiger partial charge in [0.1, 0.15) is 0 Å². The van der Waals surface area contributed by atoms with Gasteiger partial charge in [0.05, 0.1) is 11.3 Å². The van der Waals surface area contributed by atoms with Crippen LogP contribution in [0.2, 0.25) is 5.02 Å². The molecule has 0 amide bonds. The number of pyridine rings is 1. The first-order valence-corrected chi connectivity index (χ1v) is 7.93. The fraction of sp³-hybridized carbons (Fsp3) is 0. The molecule has 2 aromatic carbocycles. The van der Waals surface area contributed by atoms with Crippen molar-refractivity contribution in [3.8, 4) is 11.6 Å². The van der Waals surface area contributed by atoms with Crippen LogP contribution in [-0.2, 0) is 0 Å². The van der Waals surface area contributed by atoms with Crippen LogP contribution in [0.3, 0.4) is 0 Å². The molecule has 0 aliphatic carbocycles. The van der Waals surface area contributed by atoms with Gasteiger partial charge >= 0.3 is 0 Å². The number of aromatic hydroxyl groups is 1. The van der Waals surface area contributed by atoms with Gasteiger partial charge in [0.2, 0.25) is 5.88 Å². The maximum absolute atomic E-state index is 12.9. The Morgan fingerprint density at radius 2 is 1.96 bits per heavy atom. The van der Waals surface area contributed by atoms with Gasteiger partial charge in [-0.3, -0.25) is 4.79 Å². The molecule has 4 aromatic rings. The highest BCUT2D eigenvalue weighted by Gasteiger charge is 2.16. The zero-order chi connectivity index (χ0) is 18.1. The van der Waals surface area contributed by atoms with E-state index >= 15 is 0 Å². The number of nitrogens with one attached hydrogen (secondary N) is 1. The third kappa shape index (κ3) is 2.72. The van der Waals surface area contributed by atoms with Crippen molar-refractivity contribution in [2.24, 2.45) is 4.99 Å². The first-order valence-electron chi connectivity index (χ1n) is 7.55. The maximum Gasteiger partial charge on any atom is 0.288 e. The molecule has 0 unspecified atom stereocenters. The van der Waals surface area contributed by atoms with Crippen LogP contribution in [0.5, 0.6) is 5.88 Å². The van der Waals surface area contributed by atoms with E-state index in [9.17, 15) is 9.90 Å². The number of fused-ring (bicyclic) bond motifs is 1. The number of benzene rings is 2. The van der Waals surface area contributed by atoms with Gasteiger partial charge in [-0.2, -0.15) is 5.21 Å². The molecule has 0 saturated carbocycles. The second kappa shape index (κ2) is 6.41. The fourth-order valence-corrected chi connectivity index (χ4v) is 2.86. The highest BCUT2D eigenvalue weighted by atomic mass is 35.5. The Bertz CT molecular complexity index is 1180. The lowest BCUT2D eigenvalue weighted by molar-refractivity contribution is 0.436. The van der Waals surface area contributed by atoms with Crippen molar-refractivity contribution < 1.29 is 5.11 Å². The van der Waals surface area contributed by atoms with Gasteiger partial charge in [-0.15, -0.1) is 5.10 Å². The molecule has 8 nitrogen and oxygen atoms in total. The predicted molar refractivity (Wildman–Crippen MR) is 97.7 cm³/mol. The minimum Gasteiger partial charge on any atom is -0.494 e. The van der Waals surface area contributed by atoms with E-state index < -0.39 is 0 Å². The molecule has 0 saturated heterocycles. The molecule has 2 aromatic heterocycles. The second-order valence-electron chi connectivity index (χ2n) is 5.37. The van der Waals surface area contributed by atoms with Crippen LogP contribution >= 0.6 is 11.6 Å². The molecule has 4 rings (SSSR count). The number of nitrogens with zero attached hydrogens (tertiary/aromatic N) is 5. The van der Waals surface area contributed by atoms with Crippen LogP contribution in [-0.4, -0.2) is 36.5 Å². The molecule has 0 atom stereocenters. The molecule has 0 radical (unpaired) electrons. The Balaban J connectivity index is 2.03. The number of hydrogen-bond acceptors (Lipinski definition) is 6. The van der Waals surface area contributed by atoms with Crippen molar-refractivity contribution in [3.63, 3.8) is 0 Å². The summed E-state index contributed by atoms with van der Waals surface area (Å²) < 4.78 is 1.19. The third-order valence-corrected chi connectivity index (χ3v) is 4.05. The van der Waals surface area contributed by atoms with Crippen molar-refractivity contribution in [1.82, 2.24) is 25.2 Å². The summed E-state index contributed by atoms with van der Waals surface area (Å²) in [5.41, 5.74) is 0.432. The smallest absolute Gasteiger partial charge is 0.288 e.